The number of urea groups is 1. The lowest BCUT2D eigenvalue weighted by Crippen LogP contribution is -2.54. The summed E-state index contributed by atoms with van der Waals surface area (Å²) >= 11 is 0. The molecule has 1 atom stereocenters. The summed E-state index contributed by atoms with van der Waals surface area (Å²) in [5.74, 6) is 0.843. The molecule has 4 rings (SSSR count). The molecular formula is C22H26N4O3. The number of carbonyl (C=O) groups is 2. The van der Waals surface area contributed by atoms with Gasteiger partial charge in [0.05, 0.1) is 7.11 Å². The van der Waals surface area contributed by atoms with Crippen molar-refractivity contribution in [3.63, 3.8) is 0 Å². The molecule has 2 fully saturated rings. The minimum absolute atomic E-state index is 0.00772. The molecule has 0 bridgehead atoms. The van der Waals surface area contributed by atoms with Crippen molar-refractivity contribution in [3.8, 4) is 5.75 Å². The first-order valence-electron chi connectivity index (χ1n) is 9.92. The molecule has 3 amide bonds. The summed E-state index contributed by atoms with van der Waals surface area (Å²) in [7, 11) is 1.66. The van der Waals surface area contributed by atoms with Gasteiger partial charge in [0.15, 0.2) is 0 Å². The van der Waals surface area contributed by atoms with Crippen LogP contribution in [0, 0.1) is 0 Å². The van der Waals surface area contributed by atoms with Crippen LogP contribution in [0.5, 0.6) is 5.75 Å². The van der Waals surface area contributed by atoms with Crippen molar-refractivity contribution in [2.24, 2.45) is 0 Å². The Morgan fingerprint density at radius 1 is 1.07 bits per heavy atom. The molecule has 0 radical (unpaired) electrons. The van der Waals surface area contributed by atoms with Crippen LogP contribution in [-0.2, 0) is 0 Å². The van der Waals surface area contributed by atoms with Crippen molar-refractivity contribution in [2.75, 3.05) is 49.6 Å². The monoisotopic (exact) mass is 394 g/mol. The van der Waals surface area contributed by atoms with E-state index in [2.05, 4.69) is 17.1 Å². The number of carbonyl (C=O) groups excluding carboxylic acids is 2. The summed E-state index contributed by atoms with van der Waals surface area (Å²) in [6, 6.07) is 15.3. The van der Waals surface area contributed by atoms with Crippen molar-refractivity contribution in [3.05, 3.63) is 54.1 Å². The van der Waals surface area contributed by atoms with Crippen LogP contribution in [0.25, 0.3) is 0 Å². The summed E-state index contributed by atoms with van der Waals surface area (Å²) in [5, 5.41) is 2.79. The zero-order chi connectivity index (χ0) is 20.4. The van der Waals surface area contributed by atoms with Gasteiger partial charge in [0, 0.05) is 55.7 Å². The quantitative estimate of drug-likeness (QED) is 0.866. The molecule has 29 heavy (non-hydrogen) atoms. The van der Waals surface area contributed by atoms with Gasteiger partial charge in [-0.05, 0) is 49.4 Å². The zero-order valence-corrected chi connectivity index (χ0v) is 16.8. The van der Waals surface area contributed by atoms with Gasteiger partial charge in [-0.3, -0.25) is 9.69 Å². The molecule has 152 valence electrons. The molecule has 2 heterocycles. The molecule has 0 aromatic heterocycles. The fraction of sp³-hybridized carbons (Fsp3) is 0.364. The lowest BCUT2D eigenvalue weighted by molar-refractivity contribution is 0.0674. The largest absolute Gasteiger partial charge is 0.497 e. The van der Waals surface area contributed by atoms with Gasteiger partial charge in [-0.2, -0.15) is 0 Å². The third-order valence-corrected chi connectivity index (χ3v) is 5.59. The third kappa shape index (κ3) is 3.85. The van der Waals surface area contributed by atoms with Crippen molar-refractivity contribution in [1.82, 2.24) is 10.2 Å². The second kappa shape index (κ2) is 8.03. The van der Waals surface area contributed by atoms with E-state index in [9.17, 15) is 9.59 Å². The fourth-order valence-electron chi connectivity index (χ4n) is 3.98. The lowest BCUT2D eigenvalue weighted by Gasteiger charge is -2.41. The van der Waals surface area contributed by atoms with Crippen molar-refractivity contribution in [2.45, 2.75) is 13.0 Å². The van der Waals surface area contributed by atoms with Crippen LogP contribution < -0.4 is 19.9 Å². The van der Waals surface area contributed by atoms with E-state index in [1.54, 1.807) is 12.0 Å². The Hall–Kier alpha value is -3.22. The van der Waals surface area contributed by atoms with E-state index in [1.165, 1.54) is 0 Å². The minimum Gasteiger partial charge on any atom is -0.497 e. The number of methoxy groups -OCH3 is 1. The summed E-state index contributed by atoms with van der Waals surface area (Å²) < 4.78 is 5.23. The minimum atomic E-state index is -0.115. The summed E-state index contributed by atoms with van der Waals surface area (Å²) in [6.07, 6.45) is 0. The van der Waals surface area contributed by atoms with Gasteiger partial charge in [0.25, 0.3) is 5.91 Å². The van der Waals surface area contributed by atoms with E-state index < -0.39 is 0 Å². The van der Waals surface area contributed by atoms with E-state index in [1.807, 2.05) is 53.4 Å². The normalized spacial score (nSPS) is 19.3. The molecule has 7 nitrogen and oxygen atoms in total. The van der Waals surface area contributed by atoms with Gasteiger partial charge < -0.3 is 19.9 Å². The van der Waals surface area contributed by atoms with Crippen LogP contribution >= 0.6 is 0 Å². The SMILES string of the molecule is COc1ccc(N2CCN(C(=O)c3cccc(N4CCNC4=O)c3)[C@@H](C)C2)cc1. The maximum Gasteiger partial charge on any atom is 0.321 e. The number of anilines is 2. The molecule has 0 saturated carbocycles. The highest BCUT2D eigenvalue weighted by molar-refractivity contribution is 5.98. The first-order valence-corrected chi connectivity index (χ1v) is 9.92. The molecule has 2 aromatic rings. The first-order chi connectivity index (χ1) is 14.1. The predicted molar refractivity (Wildman–Crippen MR) is 113 cm³/mol. The van der Waals surface area contributed by atoms with Gasteiger partial charge in [0.1, 0.15) is 5.75 Å². The highest BCUT2D eigenvalue weighted by Crippen LogP contribution is 2.24. The number of hydrogen-bond acceptors (Lipinski definition) is 4. The van der Waals surface area contributed by atoms with Gasteiger partial charge in [-0.1, -0.05) is 6.07 Å². The summed E-state index contributed by atoms with van der Waals surface area (Å²) in [6.45, 7) is 5.52. The number of ether oxygens (including phenoxy) is 1. The Morgan fingerprint density at radius 2 is 1.86 bits per heavy atom. The number of hydrogen-bond donors (Lipinski definition) is 1. The fourth-order valence-corrected chi connectivity index (χ4v) is 3.98. The highest BCUT2D eigenvalue weighted by atomic mass is 16.5. The zero-order valence-electron chi connectivity index (χ0n) is 16.8. The standard InChI is InChI=1S/C22H26N4O3/c1-16-15-24(18-6-8-20(29-2)9-7-18)12-13-25(16)21(27)17-4-3-5-19(14-17)26-11-10-23-22(26)28/h3-9,14,16H,10-13,15H2,1-2H3,(H,23,28)/t16-/m0/s1. The number of nitrogens with one attached hydrogen (secondary N) is 1. The highest BCUT2D eigenvalue weighted by Gasteiger charge is 2.29. The second-order valence-electron chi connectivity index (χ2n) is 7.43. The topological polar surface area (TPSA) is 65.1 Å². The average Bonchev–Trinajstić information content (AvgIpc) is 3.19. The summed E-state index contributed by atoms with van der Waals surface area (Å²) in [5.41, 5.74) is 2.51. The molecule has 0 spiro atoms. The van der Waals surface area contributed by atoms with Gasteiger partial charge in [-0.25, -0.2) is 4.79 Å². The molecule has 2 aliphatic heterocycles. The molecule has 0 aliphatic carbocycles. The van der Waals surface area contributed by atoms with Crippen molar-refractivity contribution < 1.29 is 14.3 Å². The van der Waals surface area contributed by atoms with Crippen LogP contribution in [-0.4, -0.2) is 62.7 Å². The van der Waals surface area contributed by atoms with Crippen LogP contribution in [0.3, 0.4) is 0 Å². The lowest BCUT2D eigenvalue weighted by atomic mass is 10.1. The Balaban J connectivity index is 1.45. The Bertz CT molecular complexity index is 899. The predicted octanol–water partition coefficient (Wildman–Crippen LogP) is 2.58. The second-order valence-corrected chi connectivity index (χ2v) is 7.43. The average molecular weight is 394 g/mol. The van der Waals surface area contributed by atoms with Crippen LogP contribution in [0.4, 0.5) is 16.2 Å². The number of rotatable bonds is 4. The van der Waals surface area contributed by atoms with E-state index in [-0.39, 0.29) is 18.0 Å². The smallest absolute Gasteiger partial charge is 0.321 e. The molecule has 7 heteroatoms. The van der Waals surface area contributed by atoms with Gasteiger partial charge in [-0.15, -0.1) is 0 Å². The summed E-state index contributed by atoms with van der Waals surface area (Å²) in [4.78, 5) is 31.0. The van der Waals surface area contributed by atoms with Gasteiger partial charge in [0.2, 0.25) is 0 Å². The third-order valence-electron chi connectivity index (χ3n) is 5.59. The van der Waals surface area contributed by atoms with E-state index in [4.69, 9.17) is 4.74 Å². The van der Waals surface area contributed by atoms with Crippen molar-refractivity contribution >= 4 is 23.3 Å². The first kappa shape index (κ1) is 19.1. The molecule has 2 saturated heterocycles. The Morgan fingerprint density at radius 3 is 2.52 bits per heavy atom. The number of benzene rings is 2. The number of piperazine rings is 1. The van der Waals surface area contributed by atoms with E-state index >= 15 is 0 Å². The maximum absolute atomic E-state index is 13.2. The molecule has 2 aromatic carbocycles. The van der Waals surface area contributed by atoms with E-state index in [0.29, 0.717) is 25.2 Å². The van der Waals surface area contributed by atoms with Gasteiger partial charge >= 0.3 is 6.03 Å². The Labute approximate surface area is 170 Å². The van der Waals surface area contributed by atoms with Crippen LogP contribution in [0.15, 0.2) is 48.5 Å². The molecule has 2 aliphatic rings. The molecule has 0 unspecified atom stereocenters. The van der Waals surface area contributed by atoms with Crippen LogP contribution in [0.2, 0.25) is 0 Å². The van der Waals surface area contributed by atoms with E-state index in [0.717, 1.165) is 30.2 Å². The number of amides is 3. The Kier molecular flexibility index (Phi) is 5.29. The van der Waals surface area contributed by atoms with Crippen LogP contribution in [0.1, 0.15) is 17.3 Å². The van der Waals surface area contributed by atoms with Crippen molar-refractivity contribution in [1.29, 1.82) is 0 Å². The molecule has 1 N–H and O–H groups in total. The number of nitrogens with zero attached hydrogens (tertiary/aromatic N) is 3. The molecular weight excluding hydrogens is 368 g/mol. The maximum atomic E-state index is 13.2.